The molecule has 0 saturated carbocycles. The SMILES string of the molecule is CO[C@@H]1[C@H](CCCCO[Si](C)(C)C(C)(C)C)[C@H]2C=C[C@]1(S(=O)(=O)c1ccc(C)cc1)C(=O)O2. The van der Waals surface area contributed by atoms with Crippen LogP contribution in [-0.2, 0) is 28.5 Å². The van der Waals surface area contributed by atoms with Crippen molar-refractivity contribution >= 4 is 24.1 Å². The maximum Gasteiger partial charge on any atom is 0.335 e. The molecule has 2 aliphatic heterocycles. The number of esters is 1. The molecule has 3 aliphatic rings. The topological polar surface area (TPSA) is 78.9 Å². The molecular weight excluding hydrogens is 456 g/mol. The Hall–Kier alpha value is -1.48. The van der Waals surface area contributed by atoms with E-state index >= 15 is 0 Å². The van der Waals surface area contributed by atoms with E-state index in [1.807, 2.05) is 6.92 Å². The number of hydrogen-bond donors (Lipinski definition) is 0. The fourth-order valence-corrected chi connectivity index (χ4v) is 7.52. The van der Waals surface area contributed by atoms with Gasteiger partial charge in [-0.2, -0.15) is 0 Å². The minimum absolute atomic E-state index is 0.0959. The molecule has 1 fully saturated rings. The summed E-state index contributed by atoms with van der Waals surface area (Å²) in [5.74, 6) is -0.981. The second-order valence-corrected chi connectivity index (χ2v) is 17.7. The lowest BCUT2D eigenvalue weighted by Crippen LogP contribution is -2.67. The van der Waals surface area contributed by atoms with Crippen LogP contribution in [-0.4, -0.2) is 53.4 Å². The molecule has 184 valence electrons. The number of fused-ring (bicyclic) bond motifs is 2. The molecule has 0 amide bonds. The van der Waals surface area contributed by atoms with Gasteiger partial charge in [0.05, 0.1) is 11.0 Å². The van der Waals surface area contributed by atoms with Crippen molar-refractivity contribution in [1.82, 2.24) is 0 Å². The number of rotatable bonds is 9. The van der Waals surface area contributed by atoms with Gasteiger partial charge in [0.2, 0.25) is 14.6 Å². The molecule has 6 nitrogen and oxygen atoms in total. The Morgan fingerprint density at radius 3 is 2.30 bits per heavy atom. The number of ether oxygens (including phenoxy) is 2. The Labute approximate surface area is 199 Å². The van der Waals surface area contributed by atoms with Crippen molar-refractivity contribution < 1.29 is 27.1 Å². The molecule has 1 aromatic carbocycles. The first-order valence-electron chi connectivity index (χ1n) is 11.7. The van der Waals surface area contributed by atoms with E-state index in [-0.39, 0.29) is 15.9 Å². The number of sulfone groups is 1. The van der Waals surface area contributed by atoms with Crippen LogP contribution in [0.25, 0.3) is 0 Å². The Morgan fingerprint density at radius 1 is 1.12 bits per heavy atom. The van der Waals surface area contributed by atoms with E-state index < -0.39 is 41.1 Å². The van der Waals surface area contributed by atoms with Crippen LogP contribution < -0.4 is 0 Å². The lowest BCUT2D eigenvalue weighted by molar-refractivity contribution is -0.173. The third-order valence-corrected chi connectivity index (χ3v) is 14.4. The van der Waals surface area contributed by atoms with Gasteiger partial charge in [-0.1, -0.05) is 44.9 Å². The lowest BCUT2D eigenvalue weighted by Gasteiger charge is -2.49. The van der Waals surface area contributed by atoms with Crippen LogP contribution in [0.4, 0.5) is 0 Å². The average Bonchev–Trinajstić information content (AvgIpc) is 2.73. The number of aryl methyl sites for hydroxylation is 1. The average molecular weight is 495 g/mol. The first kappa shape index (κ1) is 26.1. The van der Waals surface area contributed by atoms with Crippen molar-refractivity contribution in [3.63, 3.8) is 0 Å². The molecule has 33 heavy (non-hydrogen) atoms. The fourth-order valence-electron chi connectivity index (χ4n) is 4.45. The van der Waals surface area contributed by atoms with E-state index in [0.717, 1.165) is 18.4 Å². The number of carbonyl (C=O) groups is 1. The molecule has 8 heteroatoms. The number of carbonyl (C=O) groups excluding carboxylic acids is 1. The normalized spacial score (nSPS) is 27.6. The van der Waals surface area contributed by atoms with E-state index in [4.69, 9.17) is 13.9 Å². The first-order chi connectivity index (χ1) is 15.3. The van der Waals surface area contributed by atoms with Crippen molar-refractivity contribution in [3.8, 4) is 0 Å². The Balaban J connectivity index is 1.77. The molecule has 1 aliphatic carbocycles. The Morgan fingerprint density at radius 2 is 1.76 bits per heavy atom. The summed E-state index contributed by atoms with van der Waals surface area (Å²) in [5.41, 5.74) is 0.943. The molecular formula is C25H38O6SSi. The van der Waals surface area contributed by atoms with Crippen molar-refractivity contribution in [3.05, 3.63) is 42.0 Å². The van der Waals surface area contributed by atoms with Gasteiger partial charge >= 0.3 is 5.97 Å². The lowest BCUT2D eigenvalue weighted by atomic mass is 9.75. The number of benzene rings is 1. The molecule has 0 radical (unpaired) electrons. The van der Waals surface area contributed by atoms with E-state index in [1.165, 1.54) is 13.2 Å². The van der Waals surface area contributed by atoms with Crippen molar-refractivity contribution in [2.75, 3.05) is 13.7 Å². The highest BCUT2D eigenvalue weighted by Gasteiger charge is 2.65. The minimum Gasteiger partial charge on any atom is -0.456 e. The van der Waals surface area contributed by atoms with Crippen LogP contribution >= 0.6 is 0 Å². The van der Waals surface area contributed by atoms with Crippen LogP contribution in [0.1, 0.15) is 45.6 Å². The molecule has 1 aromatic rings. The van der Waals surface area contributed by atoms with Gasteiger partial charge in [-0.25, -0.2) is 13.2 Å². The smallest absolute Gasteiger partial charge is 0.335 e. The van der Waals surface area contributed by atoms with E-state index in [2.05, 4.69) is 33.9 Å². The molecule has 2 bridgehead atoms. The van der Waals surface area contributed by atoms with Crippen LogP contribution in [0.15, 0.2) is 41.3 Å². The maximum absolute atomic E-state index is 13.7. The predicted octanol–water partition coefficient (Wildman–Crippen LogP) is 4.83. The van der Waals surface area contributed by atoms with Gasteiger partial charge < -0.3 is 13.9 Å². The molecule has 4 rings (SSSR count). The standard InChI is InChI=1S/C25H38O6SSi/c1-18-11-13-19(14-12-18)32(27,28)25-16-15-21(31-23(25)26)20(22(25)29-5)10-8-9-17-30-33(6,7)24(2,3)4/h11-16,20-22H,8-10,17H2,1-7H3/t20-,21-,22-,25-/m1/s1. The molecule has 0 N–H and O–H groups in total. The highest BCUT2D eigenvalue weighted by molar-refractivity contribution is 7.94. The largest absolute Gasteiger partial charge is 0.456 e. The van der Waals surface area contributed by atoms with Crippen molar-refractivity contribution in [1.29, 1.82) is 0 Å². The minimum atomic E-state index is -4.07. The van der Waals surface area contributed by atoms with Crippen molar-refractivity contribution in [2.45, 2.75) is 86.9 Å². The molecule has 1 saturated heterocycles. The molecule has 4 atom stereocenters. The van der Waals surface area contributed by atoms with Crippen LogP contribution in [0.5, 0.6) is 0 Å². The monoisotopic (exact) mass is 494 g/mol. The summed E-state index contributed by atoms with van der Waals surface area (Å²) in [6.07, 6.45) is 4.32. The van der Waals surface area contributed by atoms with E-state index in [9.17, 15) is 13.2 Å². The van der Waals surface area contributed by atoms with E-state index in [0.29, 0.717) is 13.0 Å². The third kappa shape index (κ3) is 4.59. The van der Waals surface area contributed by atoms with Crippen molar-refractivity contribution in [2.24, 2.45) is 5.92 Å². The molecule has 2 heterocycles. The van der Waals surface area contributed by atoms with Gasteiger partial charge in [-0.15, -0.1) is 0 Å². The Kier molecular flexibility index (Phi) is 7.35. The summed E-state index contributed by atoms with van der Waals surface area (Å²) in [6, 6.07) is 6.55. The second-order valence-electron chi connectivity index (χ2n) is 10.8. The van der Waals surface area contributed by atoms with Gasteiger partial charge in [0.1, 0.15) is 6.10 Å². The predicted molar refractivity (Wildman–Crippen MR) is 131 cm³/mol. The highest BCUT2D eigenvalue weighted by Crippen LogP contribution is 2.47. The highest BCUT2D eigenvalue weighted by atomic mass is 32.2. The summed E-state index contributed by atoms with van der Waals surface area (Å²) < 4.78 is 43.2. The molecule has 0 unspecified atom stereocenters. The fraction of sp³-hybridized carbons (Fsp3) is 0.640. The summed E-state index contributed by atoms with van der Waals surface area (Å²) in [7, 11) is -4.39. The number of methoxy groups -OCH3 is 1. The van der Waals surface area contributed by atoms with Crippen LogP contribution in [0, 0.1) is 12.8 Å². The van der Waals surface area contributed by atoms with Gasteiger partial charge in [0.25, 0.3) is 0 Å². The second kappa shape index (κ2) is 9.28. The molecule has 0 spiro atoms. The quantitative estimate of drug-likeness (QED) is 0.212. The first-order valence-corrected chi connectivity index (χ1v) is 16.1. The summed E-state index contributed by atoms with van der Waals surface area (Å²) in [4.78, 5) is 13.1. The van der Waals surface area contributed by atoms with Gasteiger partial charge in [0.15, 0.2) is 8.32 Å². The zero-order valence-corrected chi connectivity index (χ0v) is 22.7. The number of unbranched alkanes of at least 4 members (excludes halogenated alkanes) is 1. The Bertz CT molecular complexity index is 993. The zero-order valence-electron chi connectivity index (χ0n) is 20.9. The van der Waals surface area contributed by atoms with E-state index in [1.54, 1.807) is 30.3 Å². The molecule has 0 aromatic heterocycles. The number of hydrogen-bond acceptors (Lipinski definition) is 6. The zero-order chi connectivity index (χ0) is 24.7. The maximum atomic E-state index is 13.7. The van der Waals surface area contributed by atoms with Crippen LogP contribution in [0.2, 0.25) is 18.1 Å². The van der Waals surface area contributed by atoms with Gasteiger partial charge in [-0.3, -0.25) is 0 Å². The summed E-state index contributed by atoms with van der Waals surface area (Å²) >= 11 is 0. The summed E-state index contributed by atoms with van der Waals surface area (Å²) in [5, 5.41) is 0.159. The van der Waals surface area contributed by atoms with Gasteiger partial charge in [-0.05, 0) is 62.2 Å². The van der Waals surface area contributed by atoms with Crippen LogP contribution in [0.3, 0.4) is 0 Å². The van der Waals surface area contributed by atoms with Gasteiger partial charge in [0, 0.05) is 19.6 Å². The summed E-state index contributed by atoms with van der Waals surface area (Å²) in [6.45, 7) is 13.7. The third-order valence-electron chi connectivity index (χ3n) is 7.56.